The van der Waals surface area contributed by atoms with Gasteiger partial charge < -0.3 is 15.2 Å². The molecule has 6 heteroatoms. The summed E-state index contributed by atoms with van der Waals surface area (Å²) < 4.78 is 4.70. The number of carboxylic acid groups (broad SMARTS) is 1. The van der Waals surface area contributed by atoms with Gasteiger partial charge in [0.15, 0.2) is 0 Å². The Morgan fingerprint density at radius 3 is 2.44 bits per heavy atom. The number of benzene rings is 1. The predicted molar refractivity (Wildman–Crippen MR) is 66.0 cm³/mol. The van der Waals surface area contributed by atoms with Crippen molar-refractivity contribution in [2.75, 3.05) is 11.9 Å². The van der Waals surface area contributed by atoms with Crippen molar-refractivity contribution in [1.82, 2.24) is 0 Å². The average Bonchev–Trinajstić information content (AvgIpc) is 2.29. The molecule has 0 spiro atoms. The first kappa shape index (κ1) is 13.7. The number of hydrogen-bond acceptors (Lipinski definition) is 4. The van der Waals surface area contributed by atoms with E-state index >= 15 is 0 Å². The van der Waals surface area contributed by atoms with E-state index in [1.54, 1.807) is 6.92 Å². The summed E-state index contributed by atoms with van der Waals surface area (Å²) in [4.78, 5) is 21.7. The highest BCUT2D eigenvalue weighted by atomic mass is 16.5. The van der Waals surface area contributed by atoms with Crippen LogP contribution in [0.5, 0.6) is 0 Å². The van der Waals surface area contributed by atoms with Gasteiger partial charge in [0.05, 0.1) is 12.2 Å². The summed E-state index contributed by atoms with van der Waals surface area (Å²) in [5.41, 5.74) is 0.715. The van der Waals surface area contributed by atoms with Crippen LogP contribution in [0.2, 0.25) is 0 Å². The number of ether oxygens (including phenoxy) is 1. The lowest BCUT2D eigenvalue weighted by molar-refractivity contribution is -0.141. The number of carboxylic acids is 1. The Morgan fingerprint density at radius 1 is 1.33 bits per heavy atom. The standard InChI is InChI=1S/C12H14N2O4/c1-2-18-11(15)7-10(13)14-9-5-3-8(4-6-9)12(16)17/h3-6H,2,7H2,1H3,(H2,13,14)(H,16,17). The normalized spacial score (nSPS) is 9.61. The lowest BCUT2D eigenvalue weighted by Gasteiger charge is -2.07. The van der Waals surface area contributed by atoms with Gasteiger partial charge in [-0.3, -0.25) is 10.2 Å². The number of rotatable bonds is 5. The van der Waals surface area contributed by atoms with Crippen molar-refractivity contribution in [3.8, 4) is 0 Å². The highest BCUT2D eigenvalue weighted by Crippen LogP contribution is 2.10. The van der Waals surface area contributed by atoms with Crippen molar-refractivity contribution < 1.29 is 19.4 Å². The maximum atomic E-state index is 11.1. The van der Waals surface area contributed by atoms with Crippen LogP contribution in [0.1, 0.15) is 23.7 Å². The van der Waals surface area contributed by atoms with Crippen LogP contribution in [-0.2, 0) is 9.53 Å². The molecule has 6 nitrogen and oxygen atoms in total. The Balaban J connectivity index is 2.54. The van der Waals surface area contributed by atoms with Gasteiger partial charge >= 0.3 is 11.9 Å². The van der Waals surface area contributed by atoms with Gasteiger partial charge in [0.1, 0.15) is 12.3 Å². The van der Waals surface area contributed by atoms with Crippen molar-refractivity contribution in [3.05, 3.63) is 29.8 Å². The minimum absolute atomic E-state index is 0.00322. The van der Waals surface area contributed by atoms with Crippen LogP contribution in [0, 0.1) is 5.41 Å². The molecule has 0 aliphatic heterocycles. The van der Waals surface area contributed by atoms with Gasteiger partial charge in [-0.25, -0.2) is 4.79 Å². The second-order valence-electron chi connectivity index (χ2n) is 3.47. The molecule has 0 heterocycles. The van der Waals surface area contributed by atoms with Crippen molar-refractivity contribution in [1.29, 1.82) is 5.41 Å². The molecule has 3 N–H and O–H groups in total. The summed E-state index contributed by atoms with van der Waals surface area (Å²) in [6.45, 7) is 1.97. The largest absolute Gasteiger partial charge is 0.478 e. The monoisotopic (exact) mass is 250 g/mol. The molecule has 1 rings (SSSR count). The summed E-state index contributed by atoms with van der Waals surface area (Å²) in [5, 5.41) is 18.9. The average molecular weight is 250 g/mol. The lowest BCUT2D eigenvalue weighted by Crippen LogP contribution is -2.17. The SMILES string of the molecule is CCOC(=O)CC(=N)Nc1ccc(C(=O)O)cc1. The second kappa shape index (κ2) is 6.39. The zero-order valence-corrected chi connectivity index (χ0v) is 9.90. The maximum absolute atomic E-state index is 11.1. The minimum atomic E-state index is -1.01. The molecule has 18 heavy (non-hydrogen) atoms. The van der Waals surface area contributed by atoms with Crippen LogP contribution in [0.4, 0.5) is 5.69 Å². The van der Waals surface area contributed by atoms with Crippen molar-refractivity contribution in [3.63, 3.8) is 0 Å². The van der Waals surface area contributed by atoms with Gasteiger partial charge in [0.2, 0.25) is 0 Å². The van der Waals surface area contributed by atoms with Gasteiger partial charge in [-0.1, -0.05) is 0 Å². The topological polar surface area (TPSA) is 99.5 Å². The minimum Gasteiger partial charge on any atom is -0.478 e. The molecule has 0 radical (unpaired) electrons. The van der Waals surface area contributed by atoms with Crippen molar-refractivity contribution in [2.45, 2.75) is 13.3 Å². The van der Waals surface area contributed by atoms with E-state index in [9.17, 15) is 9.59 Å². The first-order valence-electron chi connectivity index (χ1n) is 5.36. The quantitative estimate of drug-likeness (QED) is 0.420. The molecular weight excluding hydrogens is 236 g/mol. The lowest BCUT2D eigenvalue weighted by atomic mass is 10.2. The van der Waals surface area contributed by atoms with E-state index in [1.165, 1.54) is 24.3 Å². The first-order valence-corrected chi connectivity index (χ1v) is 5.36. The molecule has 0 aliphatic rings. The van der Waals surface area contributed by atoms with E-state index in [2.05, 4.69) is 5.32 Å². The summed E-state index contributed by atoms with van der Waals surface area (Å²) in [7, 11) is 0. The number of amidine groups is 1. The van der Waals surface area contributed by atoms with Gasteiger partial charge in [-0.15, -0.1) is 0 Å². The second-order valence-corrected chi connectivity index (χ2v) is 3.47. The number of carbonyl (C=O) groups excluding carboxylic acids is 1. The molecule has 0 fully saturated rings. The first-order chi connectivity index (χ1) is 8.52. The molecule has 0 amide bonds. The summed E-state index contributed by atoms with van der Waals surface area (Å²) in [6, 6.07) is 5.90. The fourth-order valence-corrected chi connectivity index (χ4v) is 1.27. The summed E-state index contributed by atoms with van der Waals surface area (Å²) in [6.07, 6.45) is -0.144. The Hall–Kier alpha value is -2.37. The Kier molecular flexibility index (Phi) is 4.86. The Morgan fingerprint density at radius 2 is 1.94 bits per heavy atom. The molecule has 1 aromatic carbocycles. The molecule has 0 atom stereocenters. The summed E-state index contributed by atoms with van der Waals surface area (Å²) >= 11 is 0. The highest BCUT2D eigenvalue weighted by Gasteiger charge is 2.07. The summed E-state index contributed by atoms with van der Waals surface area (Å²) in [5.74, 6) is -1.49. The van der Waals surface area contributed by atoms with Gasteiger partial charge in [0.25, 0.3) is 0 Å². The van der Waals surface area contributed by atoms with Gasteiger partial charge in [-0.2, -0.15) is 0 Å². The van der Waals surface area contributed by atoms with E-state index in [4.69, 9.17) is 15.3 Å². The van der Waals surface area contributed by atoms with E-state index in [0.29, 0.717) is 5.69 Å². The zero-order valence-electron chi connectivity index (χ0n) is 9.90. The van der Waals surface area contributed by atoms with Gasteiger partial charge in [0, 0.05) is 5.69 Å². The smallest absolute Gasteiger partial charge is 0.335 e. The fraction of sp³-hybridized carbons (Fsp3) is 0.250. The fourth-order valence-electron chi connectivity index (χ4n) is 1.27. The van der Waals surface area contributed by atoms with Crippen LogP contribution < -0.4 is 5.32 Å². The molecule has 1 aromatic rings. The van der Waals surface area contributed by atoms with E-state index in [0.717, 1.165) is 0 Å². The molecule has 0 saturated carbocycles. The molecule has 0 aromatic heterocycles. The van der Waals surface area contributed by atoms with Crippen LogP contribution in [0.15, 0.2) is 24.3 Å². The Labute approximate surface area is 104 Å². The van der Waals surface area contributed by atoms with E-state index < -0.39 is 11.9 Å². The van der Waals surface area contributed by atoms with Crippen LogP contribution in [-0.4, -0.2) is 29.5 Å². The zero-order chi connectivity index (χ0) is 13.5. The Bertz CT molecular complexity index is 454. The molecule has 0 bridgehead atoms. The molecule has 0 unspecified atom stereocenters. The van der Waals surface area contributed by atoms with E-state index in [-0.39, 0.29) is 24.4 Å². The van der Waals surface area contributed by atoms with Crippen molar-refractivity contribution >= 4 is 23.5 Å². The van der Waals surface area contributed by atoms with Crippen LogP contribution in [0.25, 0.3) is 0 Å². The number of anilines is 1. The number of esters is 1. The molecule has 96 valence electrons. The van der Waals surface area contributed by atoms with Crippen molar-refractivity contribution in [2.24, 2.45) is 0 Å². The van der Waals surface area contributed by atoms with Crippen LogP contribution in [0.3, 0.4) is 0 Å². The van der Waals surface area contributed by atoms with E-state index in [1.807, 2.05) is 0 Å². The molecular formula is C12H14N2O4. The number of carbonyl (C=O) groups is 2. The number of aromatic carboxylic acids is 1. The third-order valence-corrected chi connectivity index (χ3v) is 2.05. The third kappa shape index (κ3) is 4.25. The predicted octanol–water partition coefficient (Wildman–Crippen LogP) is 1.73. The molecule has 0 aliphatic carbocycles. The highest BCUT2D eigenvalue weighted by molar-refractivity contribution is 6.03. The number of nitrogens with one attached hydrogen (secondary N) is 2. The van der Waals surface area contributed by atoms with Crippen LogP contribution >= 0.6 is 0 Å². The van der Waals surface area contributed by atoms with Gasteiger partial charge in [-0.05, 0) is 31.2 Å². The number of hydrogen-bond donors (Lipinski definition) is 3. The maximum Gasteiger partial charge on any atom is 0.335 e. The third-order valence-electron chi connectivity index (χ3n) is 2.05. The molecule has 0 saturated heterocycles.